The summed E-state index contributed by atoms with van der Waals surface area (Å²) in [4.78, 5) is 33.8. The number of halogens is 1. The third kappa shape index (κ3) is 4.46. The Morgan fingerprint density at radius 3 is 2.88 bits per heavy atom. The van der Waals surface area contributed by atoms with E-state index in [4.69, 9.17) is 16.3 Å². The number of carbonyl (C=O) groups excluding carboxylic acids is 2. The zero-order valence-corrected chi connectivity index (χ0v) is 13.0. The lowest BCUT2D eigenvalue weighted by atomic mass is 10.2. The lowest BCUT2D eigenvalue weighted by Gasteiger charge is -2.14. The summed E-state index contributed by atoms with van der Waals surface area (Å²) < 4.78 is 6.06. The molecule has 1 heterocycles. The van der Waals surface area contributed by atoms with E-state index in [1.807, 2.05) is 0 Å². The Balaban J connectivity index is 1.97. The number of carbonyl (C=O) groups is 2. The van der Waals surface area contributed by atoms with Gasteiger partial charge in [0.15, 0.2) is 6.10 Å². The van der Waals surface area contributed by atoms with E-state index in [-0.39, 0.29) is 22.9 Å². The molecular weight excluding hydrogens is 344 g/mol. The van der Waals surface area contributed by atoms with Gasteiger partial charge in [-0.2, -0.15) is 0 Å². The van der Waals surface area contributed by atoms with Gasteiger partial charge in [-0.15, -0.1) is 5.10 Å². The van der Waals surface area contributed by atoms with Gasteiger partial charge in [-0.1, -0.05) is 11.6 Å². The molecule has 1 atom stereocenters. The van der Waals surface area contributed by atoms with E-state index >= 15 is 0 Å². The molecule has 0 aliphatic heterocycles. The highest BCUT2D eigenvalue weighted by molar-refractivity contribution is 6.33. The van der Waals surface area contributed by atoms with Crippen LogP contribution in [0.5, 0.6) is 0 Å². The van der Waals surface area contributed by atoms with Gasteiger partial charge in [0.25, 0.3) is 11.6 Å². The van der Waals surface area contributed by atoms with Crippen molar-refractivity contribution in [2.45, 2.75) is 19.6 Å². The molecule has 0 aliphatic carbocycles. The minimum atomic E-state index is -1.15. The third-order valence-electron chi connectivity index (χ3n) is 2.78. The van der Waals surface area contributed by atoms with Gasteiger partial charge in [-0.05, 0) is 23.4 Å². The summed E-state index contributed by atoms with van der Waals surface area (Å²) in [6, 6.07) is 3.59. The number of ether oxygens (including phenoxy) is 1. The van der Waals surface area contributed by atoms with E-state index in [1.54, 1.807) is 0 Å². The molecule has 1 unspecified atom stereocenters. The smallest absolute Gasteiger partial charge is 0.328 e. The topological polar surface area (TPSA) is 142 Å². The summed E-state index contributed by atoms with van der Waals surface area (Å²) >= 11 is 5.88. The van der Waals surface area contributed by atoms with Crippen LogP contribution in [0.25, 0.3) is 0 Å². The second kappa shape index (κ2) is 7.46. The molecule has 1 aromatic heterocycles. The number of hydrogen-bond acceptors (Lipinski definition) is 8. The lowest BCUT2D eigenvalue weighted by Crippen LogP contribution is -2.31. The van der Waals surface area contributed by atoms with Gasteiger partial charge in [0.2, 0.25) is 0 Å². The number of nitrogens with zero attached hydrogens (tertiary/aromatic N) is 5. The average molecular weight is 355 g/mol. The first-order chi connectivity index (χ1) is 11.4. The van der Waals surface area contributed by atoms with Gasteiger partial charge < -0.3 is 10.1 Å². The Bertz CT molecular complexity index is 765. The number of non-ortho nitro benzene ring substituents is 1. The number of nitro benzene ring substituents is 1. The molecule has 0 radical (unpaired) electrons. The van der Waals surface area contributed by atoms with Crippen molar-refractivity contribution in [3.05, 3.63) is 39.7 Å². The molecule has 1 aromatic carbocycles. The molecule has 1 N–H and O–H groups in total. The Labute approximate surface area is 139 Å². The average Bonchev–Trinajstić information content (AvgIpc) is 3.01. The Morgan fingerprint density at radius 2 is 2.25 bits per heavy atom. The molecule has 2 aromatic rings. The molecule has 0 bridgehead atoms. The number of rotatable bonds is 6. The number of nitro groups is 1. The van der Waals surface area contributed by atoms with Gasteiger partial charge in [0.05, 0.1) is 15.6 Å². The van der Waals surface area contributed by atoms with Crippen molar-refractivity contribution in [2.24, 2.45) is 0 Å². The van der Waals surface area contributed by atoms with Gasteiger partial charge >= 0.3 is 5.97 Å². The maximum Gasteiger partial charge on any atom is 0.328 e. The van der Waals surface area contributed by atoms with Crippen molar-refractivity contribution in [1.29, 1.82) is 0 Å². The first-order valence-corrected chi connectivity index (χ1v) is 6.89. The molecule has 11 nitrogen and oxygen atoms in total. The molecular formula is C12H11ClN6O5. The number of hydrogen-bond donors (Lipinski definition) is 1. The number of benzene rings is 1. The highest BCUT2D eigenvalue weighted by atomic mass is 35.5. The SMILES string of the molecule is CC(OC(=O)Cn1cnnn1)C(=O)Nc1cc([N+](=O)[O-])ccc1Cl. The van der Waals surface area contributed by atoms with Crippen LogP contribution in [0.4, 0.5) is 11.4 Å². The molecule has 24 heavy (non-hydrogen) atoms. The molecule has 0 aliphatic rings. The van der Waals surface area contributed by atoms with Crippen LogP contribution in [0.15, 0.2) is 24.5 Å². The Morgan fingerprint density at radius 1 is 1.50 bits per heavy atom. The molecule has 2 rings (SSSR count). The van der Waals surface area contributed by atoms with Crippen molar-refractivity contribution in [3.63, 3.8) is 0 Å². The third-order valence-corrected chi connectivity index (χ3v) is 3.11. The highest BCUT2D eigenvalue weighted by Crippen LogP contribution is 2.26. The van der Waals surface area contributed by atoms with E-state index in [2.05, 4.69) is 20.8 Å². The molecule has 12 heteroatoms. The Kier molecular flexibility index (Phi) is 5.37. The van der Waals surface area contributed by atoms with Crippen LogP contribution in [0, 0.1) is 10.1 Å². The number of tetrazole rings is 1. The molecule has 126 valence electrons. The normalized spacial score (nSPS) is 11.6. The minimum absolute atomic E-state index is 0.0410. The number of nitrogens with one attached hydrogen (secondary N) is 1. The quantitative estimate of drug-likeness (QED) is 0.456. The van der Waals surface area contributed by atoms with Crippen molar-refractivity contribution in [3.8, 4) is 0 Å². The number of amides is 1. The van der Waals surface area contributed by atoms with E-state index in [0.29, 0.717) is 0 Å². The predicted octanol–water partition coefficient (Wildman–Crippen LogP) is 0.805. The van der Waals surface area contributed by atoms with E-state index in [9.17, 15) is 19.7 Å². The van der Waals surface area contributed by atoms with Gasteiger partial charge in [0.1, 0.15) is 12.9 Å². The fourth-order valence-electron chi connectivity index (χ4n) is 1.63. The molecule has 0 fully saturated rings. The first kappa shape index (κ1) is 17.3. The van der Waals surface area contributed by atoms with Crippen molar-refractivity contribution in [2.75, 3.05) is 5.32 Å². The summed E-state index contributed by atoms with van der Waals surface area (Å²) in [6.07, 6.45) is 0.0683. The van der Waals surface area contributed by atoms with E-state index in [1.165, 1.54) is 25.4 Å². The zero-order valence-electron chi connectivity index (χ0n) is 12.2. The van der Waals surface area contributed by atoms with Crippen LogP contribution in [-0.4, -0.2) is 43.1 Å². The van der Waals surface area contributed by atoms with Crippen molar-refractivity contribution in [1.82, 2.24) is 20.2 Å². The number of anilines is 1. The zero-order chi connectivity index (χ0) is 17.7. The molecule has 0 saturated carbocycles. The van der Waals surface area contributed by atoms with Crippen molar-refractivity contribution >= 4 is 34.9 Å². The maximum atomic E-state index is 12.0. The fraction of sp³-hybridized carbons (Fsp3) is 0.250. The summed E-state index contributed by atoms with van der Waals surface area (Å²) in [7, 11) is 0. The summed E-state index contributed by atoms with van der Waals surface area (Å²) in [5, 5.41) is 23.4. The molecule has 0 saturated heterocycles. The fourth-order valence-corrected chi connectivity index (χ4v) is 1.79. The maximum absolute atomic E-state index is 12.0. The minimum Gasteiger partial charge on any atom is -0.451 e. The largest absolute Gasteiger partial charge is 0.451 e. The van der Waals surface area contributed by atoms with E-state index in [0.717, 1.165) is 10.7 Å². The number of aromatic nitrogens is 4. The van der Waals surface area contributed by atoms with Gasteiger partial charge in [0, 0.05) is 12.1 Å². The Hall–Kier alpha value is -3.08. The highest BCUT2D eigenvalue weighted by Gasteiger charge is 2.20. The van der Waals surface area contributed by atoms with Crippen LogP contribution in [-0.2, 0) is 20.9 Å². The van der Waals surface area contributed by atoms with Crippen molar-refractivity contribution < 1.29 is 19.2 Å². The van der Waals surface area contributed by atoms with Gasteiger partial charge in [-0.25, -0.2) is 4.68 Å². The van der Waals surface area contributed by atoms with Gasteiger partial charge in [-0.3, -0.25) is 19.7 Å². The second-order valence-corrected chi connectivity index (χ2v) is 4.96. The number of esters is 1. The summed E-state index contributed by atoms with van der Waals surface area (Å²) in [5.41, 5.74) is -0.197. The van der Waals surface area contributed by atoms with Crippen LogP contribution in [0.1, 0.15) is 6.92 Å². The standard InChI is InChI=1S/C12H11ClN6O5/c1-7(24-11(20)5-18-6-14-16-17-18)12(21)15-10-4-8(19(22)23)2-3-9(10)13/h2-4,6-7H,5H2,1H3,(H,15,21). The van der Waals surface area contributed by atoms with Crippen LogP contribution in [0.2, 0.25) is 5.02 Å². The second-order valence-electron chi connectivity index (χ2n) is 4.55. The first-order valence-electron chi connectivity index (χ1n) is 6.52. The lowest BCUT2D eigenvalue weighted by molar-refractivity contribution is -0.384. The van der Waals surface area contributed by atoms with E-state index < -0.39 is 22.9 Å². The molecule has 1 amide bonds. The predicted molar refractivity (Wildman–Crippen MR) is 80.1 cm³/mol. The summed E-state index contributed by atoms with van der Waals surface area (Å²) in [6.45, 7) is 1.08. The molecule has 0 spiro atoms. The van der Waals surface area contributed by atoms with Crippen LogP contribution >= 0.6 is 11.6 Å². The van der Waals surface area contributed by atoms with Crippen LogP contribution in [0.3, 0.4) is 0 Å². The monoisotopic (exact) mass is 354 g/mol. The summed E-state index contributed by atoms with van der Waals surface area (Å²) in [5.74, 6) is -1.42. The van der Waals surface area contributed by atoms with Crippen LogP contribution < -0.4 is 5.32 Å².